The van der Waals surface area contributed by atoms with Gasteiger partial charge in [-0.2, -0.15) is 0 Å². The minimum atomic E-state index is 0.0729. The molecule has 1 unspecified atom stereocenters. The number of nitrogens with zero attached hydrogens (tertiary/aromatic N) is 1. The number of hydrogen-bond acceptors (Lipinski definition) is 2. The first-order chi connectivity index (χ1) is 7.75. The molecular weight excluding hydrogens is 224 g/mol. The third-order valence-electron chi connectivity index (χ3n) is 3.36. The maximum atomic E-state index is 11.7. The van der Waals surface area contributed by atoms with E-state index in [4.69, 9.17) is 11.6 Å². The first-order valence-electron chi connectivity index (χ1n) is 5.61. The van der Waals surface area contributed by atoms with Crippen LogP contribution < -0.4 is 10.2 Å². The molecule has 1 N–H and O–H groups in total. The van der Waals surface area contributed by atoms with Gasteiger partial charge in [0.25, 0.3) is 0 Å². The van der Waals surface area contributed by atoms with Crippen molar-refractivity contribution in [1.82, 2.24) is 0 Å². The highest BCUT2D eigenvalue weighted by atomic mass is 35.5. The Morgan fingerprint density at radius 2 is 2.31 bits per heavy atom. The summed E-state index contributed by atoms with van der Waals surface area (Å²) in [5.74, 6) is 0.0729. The van der Waals surface area contributed by atoms with Crippen LogP contribution in [0.25, 0.3) is 0 Å². The Balaban J connectivity index is 2.13. The molecule has 0 saturated carbocycles. The van der Waals surface area contributed by atoms with Gasteiger partial charge in [-0.15, -0.1) is 0 Å². The molecule has 4 heteroatoms. The van der Waals surface area contributed by atoms with Crippen molar-refractivity contribution in [2.24, 2.45) is 0 Å². The lowest BCUT2D eigenvalue weighted by molar-refractivity contribution is -0.116. The zero-order valence-corrected chi connectivity index (χ0v) is 9.63. The molecule has 1 aromatic rings. The number of hydrogen-bond donors (Lipinski definition) is 1. The molecule has 3 nitrogen and oxygen atoms in total. The summed E-state index contributed by atoms with van der Waals surface area (Å²) in [7, 11) is 0. The number of halogens is 1. The standard InChI is InChI=1S/C12H13ClN2O/c13-9-4-1-5-10-12(9)14-11(16)7-8-3-2-6-15(8)10/h1,4-5,8H,2-3,6-7H2,(H,14,16). The van der Waals surface area contributed by atoms with Crippen molar-refractivity contribution in [2.75, 3.05) is 16.8 Å². The molecule has 16 heavy (non-hydrogen) atoms. The van der Waals surface area contributed by atoms with Gasteiger partial charge in [0.05, 0.1) is 16.4 Å². The van der Waals surface area contributed by atoms with Gasteiger partial charge >= 0.3 is 0 Å². The Hall–Kier alpha value is -1.22. The van der Waals surface area contributed by atoms with Gasteiger partial charge in [-0.3, -0.25) is 4.79 Å². The Bertz CT molecular complexity index is 447. The highest BCUT2D eigenvalue weighted by molar-refractivity contribution is 6.34. The Morgan fingerprint density at radius 3 is 3.19 bits per heavy atom. The van der Waals surface area contributed by atoms with E-state index in [1.807, 2.05) is 18.2 Å². The Labute approximate surface area is 99.4 Å². The molecule has 0 spiro atoms. The lowest BCUT2D eigenvalue weighted by atomic mass is 10.1. The van der Waals surface area contributed by atoms with Gasteiger partial charge in [0.2, 0.25) is 5.91 Å². The molecule has 2 aliphatic heterocycles. The first-order valence-corrected chi connectivity index (χ1v) is 5.98. The molecule has 0 aliphatic carbocycles. The Morgan fingerprint density at radius 1 is 1.44 bits per heavy atom. The van der Waals surface area contributed by atoms with Crippen LogP contribution >= 0.6 is 11.6 Å². The molecule has 1 fully saturated rings. The summed E-state index contributed by atoms with van der Waals surface area (Å²) in [4.78, 5) is 14.0. The van der Waals surface area contributed by atoms with Crippen LogP contribution in [0, 0.1) is 0 Å². The second-order valence-corrected chi connectivity index (χ2v) is 4.78. The third-order valence-corrected chi connectivity index (χ3v) is 3.68. The first kappa shape index (κ1) is 9.97. The van der Waals surface area contributed by atoms with Crippen LogP contribution in [-0.4, -0.2) is 18.5 Å². The zero-order chi connectivity index (χ0) is 11.1. The van der Waals surface area contributed by atoms with E-state index >= 15 is 0 Å². The highest BCUT2D eigenvalue weighted by Crippen LogP contribution is 2.39. The summed E-state index contributed by atoms with van der Waals surface area (Å²) < 4.78 is 0. The van der Waals surface area contributed by atoms with Crippen LogP contribution in [0.3, 0.4) is 0 Å². The molecule has 0 radical (unpaired) electrons. The predicted octanol–water partition coefficient (Wildman–Crippen LogP) is 2.65. The van der Waals surface area contributed by atoms with Crippen molar-refractivity contribution in [1.29, 1.82) is 0 Å². The second-order valence-electron chi connectivity index (χ2n) is 4.38. The topological polar surface area (TPSA) is 32.3 Å². The van der Waals surface area contributed by atoms with Gasteiger partial charge in [0.1, 0.15) is 0 Å². The quantitative estimate of drug-likeness (QED) is 0.751. The molecule has 1 saturated heterocycles. The molecule has 1 aromatic carbocycles. The van der Waals surface area contributed by atoms with E-state index in [1.54, 1.807) is 0 Å². The molecule has 2 heterocycles. The smallest absolute Gasteiger partial charge is 0.226 e. The van der Waals surface area contributed by atoms with E-state index in [9.17, 15) is 4.79 Å². The van der Waals surface area contributed by atoms with Crippen LogP contribution in [0.2, 0.25) is 5.02 Å². The van der Waals surface area contributed by atoms with Crippen molar-refractivity contribution >= 4 is 28.9 Å². The minimum Gasteiger partial charge on any atom is -0.366 e. The fraction of sp³-hybridized carbons (Fsp3) is 0.417. The van der Waals surface area contributed by atoms with Crippen LogP contribution in [0.15, 0.2) is 18.2 Å². The highest BCUT2D eigenvalue weighted by Gasteiger charge is 2.32. The van der Waals surface area contributed by atoms with E-state index in [1.165, 1.54) is 0 Å². The number of nitrogens with one attached hydrogen (secondary N) is 1. The third kappa shape index (κ3) is 1.47. The van der Waals surface area contributed by atoms with E-state index in [-0.39, 0.29) is 5.91 Å². The molecule has 2 aliphatic rings. The number of benzene rings is 1. The van der Waals surface area contributed by atoms with Crippen LogP contribution in [0.1, 0.15) is 19.3 Å². The number of carbonyl (C=O) groups is 1. The largest absolute Gasteiger partial charge is 0.366 e. The lowest BCUT2D eigenvalue weighted by Gasteiger charge is -2.24. The fourth-order valence-electron chi connectivity index (χ4n) is 2.65. The second kappa shape index (κ2) is 3.67. The van der Waals surface area contributed by atoms with Gasteiger partial charge in [-0.25, -0.2) is 0 Å². The number of carbonyl (C=O) groups excluding carboxylic acids is 1. The van der Waals surface area contributed by atoms with Gasteiger partial charge < -0.3 is 10.2 Å². The van der Waals surface area contributed by atoms with Crippen LogP contribution in [0.5, 0.6) is 0 Å². The van der Waals surface area contributed by atoms with E-state index < -0.39 is 0 Å². The number of para-hydroxylation sites is 1. The molecule has 1 atom stereocenters. The van der Waals surface area contributed by atoms with Crippen molar-refractivity contribution in [3.05, 3.63) is 23.2 Å². The summed E-state index contributed by atoms with van der Waals surface area (Å²) in [6.45, 7) is 1.02. The number of amides is 1. The van der Waals surface area contributed by atoms with Gasteiger partial charge in [0, 0.05) is 19.0 Å². The number of fused-ring (bicyclic) bond motifs is 3. The average Bonchev–Trinajstić information content (AvgIpc) is 2.64. The normalized spacial score (nSPS) is 23.4. The van der Waals surface area contributed by atoms with E-state index in [0.29, 0.717) is 17.5 Å². The van der Waals surface area contributed by atoms with Crippen LogP contribution in [0.4, 0.5) is 11.4 Å². The van der Waals surface area contributed by atoms with Gasteiger partial charge in [-0.1, -0.05) is 17.7 Å². The van der Waals surface area contributed by atoms with Crippen molar-refractivity contribution in [3.63, 3.8) is 0 Å². The van der Waals surface area contributed by atoms with Gasteiger partial charge in [-0.05, 0) is 25.0 Å². The predicted molar refractivity (Wildman–Crippen MR) is 65.1 cm³/mol. The van der Waals surface area contributed by atoms with Gasteiger partial charge in [0.15, 0.2) is 0 Å². The van der Waals surface area contributed by atoms with E-state index in [0.717, 1.165) is 30.8 Å². The molecule has 84 valence electrons. The number of rotatable bonds is 0. The minimum absolute atomic E-state index is 0.0729. The molecule has 0 aromatic heterocycles. The van der Waals surface area contributed by atoms with Crippen LogP contribution in [-0.2, 0) is 4.79 Å². The monoisotopic (exact) mass is 236 g/mol. The maximum absolute atomic E-state index is 11.7. The summed E-state index contributed by atoms with van der Waals surface area (Å²) in [6.07, 6.45) is 2.83. The molecule has 1 amide bonds. The number of anilines is 2. The molecular formula is C12H13ClN2O. The van der Waals surface area contributed by atoms with Crippen molar-refractivity contribution in [3.8, 4) is 0 Å². The lowest BCUT2D eigenvalue weighted by Crippen LogP contribution is -2.29. The van der Waals surface area contributed by atoms with E-state index in [2.05, 4.69) is 10.2 Å². The van der Waals surface area contributed by atoms with Crippen molar-refractivity contribution < 1.29 is 4.79 Å². The average molecular weight is 237 g/mol. The maximum Gasteiger partial charge on any atom is 0.226 e. The van der Waals surface area contributed by atoms with Crippen molar-refractivity contribution in [2.45, 2.75) is 25.3 Å². The molecule has 3 rings (SSSR count). The SMILES string of the molecule is O=C1CC2CCCN2c2cccc(Cl)c2N1. The summed E-state index contributed by atoms with van der Waals surface area (Å²) in [5.41, 5.74) is 1.85. The summed E-state index contributed by atoms with van der Waals surface area (Å²) >= 11 is 6.13. The summed E-state index contributed by atoms with van der Waals surface area (Å²) in [6, 6.07) is 6.13. The summed E-state index contributed by atoms with van der Waals surface area (Å²) in [5, 5.41) is 3.53. The molecule has 0 bridgehead atoms. The zero-order valence-electron chi connectivity index (χ0n) is 8.87. The Kier molecular flexibility index (Phi) is 2.28. The fourth-order valence-corrected chi connectivity index (χ4v) is 2.86.